The minimum atomic E-state index is -1.25. The topological polar surface area (TPSA) is 231 Å². The number of rotatable bonds is 6. The summed E-state index contributed by atoms with van der Waals surface area (Å²) in [5, 5.41) is 51.6. The first-order valence-corrected chi connectivity index (χ1v) is 10.4. The summed E-state index contributed by atoms with van der Waals surface area (Å²) in [7, 11) is 0. The van der Waals surface area contributed by atoms with E-state index >= 15 is 0 Å². The number of carbonyl (C=O) groups is 6. The van der Waals surface area contributed by atoms with Crippen LogP contribution in [0.15, 0.2) is 54.6 Å². The first-order chi connectivity index (χ1) is 18.4. The molecule has 3 rings (SSSR count). The van der Waals surface area contributed by atoms with Crippen LogP contribution >= 0.6 is 0 Å². The third-order valence-corrected chi connectivity index (χ3v) is 4.78. The Hall–Kier alpha value is -6.14. The van der Waals surface area contributed by atoms with Gasteiger partial charge in [-0.25, -0.2) is 19.2 Å². The normalized spacial score (nSPS) is 9.10. The van der Waals surface area contributed by atoms with Crippen LogP contribution in [0, 0.1) is 29.6 Å². The van der Waals surface area contributed by atoms with Crippen LogP contribution < -0.4 is 0 Å². The fraction of sp³-hybridized carbons (Fsp3) is 0.0370. The van der Waals surface area contributed by atoms with Crippen LogP contribution in [0.3, 0.4) is 0 Å². The van der Waals surface area contributed by atoms with Crippen LogP contribution in [0.25, 0.3) is 0 Å². The molecule has 39 heavy (non-hydrogen) atoms. The van der Waals surface area contributed by atoms with E-state index < -0.39 is 23.9 Å². The van der Waals surface area contributed by atoms with Gasteiger partial charge in [-0.2, -0.15) is 10.5 Å². The quantitative estimate of drug-likeness (QED) is 0.335. The Kier molecular flexibility index (Phi) is 11.4. The van der Waals surface area contributed by atoms with E-state index in [0.717, 1.165) is 18.2 Å². The zero-order chi connectivity index (χ0) is 29.7. The molecule has 0 aromatic heterocycles. The van der Waals surface area contributed by atoms with E-state index in [9.17, 15) is 28.8 Å². The first-order valence-electron chi connectivity index (χ1n) is 10.4. The summed E-state index contributed by atoms with van der Waals surface area (Å²) in [6.45, 7) is 1.57. The van der Waals surface area contributed by atoms with Crippen LogP contribution in [0.1, 0.15) is 78.8 Å². The minimum absolute atomic E-state index is 0.0995. The lowest BCUT2D eigenvalue weighted by molar-refractivity contribution is 0.0680. The summed E-state index contributed by atoms with van der Waals surface area (Å²) in [4.78, 5) is 62.7. The molecule has 0 heterocycles. The third kappa shape index (κ3) is 8.79. The van der Waals surface area contributed by atoms with Gasteiger partial charge in [-0.3, -0.25) is 9.59 Å². The average Bonchev–Trinajstić information content (AvgIpc) is 2.92. The monoisotopic (exact) mass is 530 g/mol. The van der Waals surface area contributed by atoms with Gasteiger partial charge in [-0.1, -0.05) is 6.07 Å². The maximum absolute atomic E-state index is 10.6. The Bertz CT molecular complexity index is 1550. The summed E-state index contributed by atoms with van der Waals surface area (Å²) in [6.07, 6.45) is 1.22. The SMILES string of the molecule is Cc1cc(C(=O)O)ccc1C(=O)O.N#Cc1cc(C(=O)O)ccc1C(=O)O.N#Cc1cc(C=O)ccc1C=O. The second-order valence-electron chi connectivity index (χ2n) is 7.32. The Labute approximate surface area is 220 Å². The molecule has 12 heteroatoms. The maximum atomic E-state index is 10.6. The number of aryl methyl sites for hydroxylation is 1. The predicted octanol–water partition coefficient (Wildman–Crippen LogP) is 3.53. The van der Waals surface area contributed by atoms with Crippen molar-refractivity contribution in [3.63, 3.8) is 0 Å². The molecule has 0 bridgehead atoms. The highest BCUT2D eigenvalue weighted by atomic mass is 16.4. The van der Waals surface area contributed by atoms with Crippen molar-refractivity contribution in [1.82, 2.24) is 0 Å². The molecule has 0 spiro atoms. The van der Waals surface area contributed by atoms with Crippen molar-refractivity contribution in [2.45, 2.75) is 6.92 Å². The molecular formula is C27H18N2O10. The van der Waals surface area contributed by atoms with Crippen LogP contribution in [-0.2, 0) is 0 Å². The highest BCUT2D eigenvalue weighted by molar-refractivity contribution is 5.94. The van der Waals surface area contributed by atoms with Crippen molar-refractivity contribution in [2.75, 3.05) is 0 Å². The molecular weight excluding hydrogens is 512 g/mol. The van der Waals surface area contributed by atoms with Crippen LogP contribution in [0.4, 0.5) is 0 Å². The zero-order valence-corrected chi connectivity index (χ0v) is 20.0. The molecule has 3 aromatic rings. The number of carbonyl (C=O) groups excluding carboxylic acids is 2. The van der Waals surface area contributed by atoms with Gasteiger partial charge in [0.15, 0.2) is 6.29 Å². The molecule has 4 N–H and O–H groups in total. The van der Waals surface area contributed by atoms with Crippen molar-refractivity contribution in [1.29, 1.82) is 10.5 Å². The molecule has 0 atom stereocenters. The highest BCUT2D eigenvalue weighted by Gasteiger charge is 2.13. The number of benzene rings is 3. The van der Waals surface area contributed by atoms with E-state index in [2.05, 4.69) is 0 Å². The van der Waals surface area contributed by atoms with Crippen molar-refractivity contribution >= 4 is 36.4 Å². The molecule has 0 aliphatic carbocycles. The van der Waals surface area contributed by atoms with Gasteiger partial charge in [0.05, 0.1) is 39.4 Å². The maximum Gasteiger partial charge on any atom is 0.337 e. The number of carboxylic acid groups (broad SMARTS) is 4. The molecule has 0 unspecified atom stereocenters. The van der Waals surface area contributed by atoms with Crippen molar-refractivity contribution < 1.29 is 49.2 Å². The highest BCUT2D eigenvalue weighted by Crippen LogP contribution is 2.12. The Morgan fingerprint density at radius 3 is 1.56 bits per heavy atom. The lowest BCUT2D eigenvalue weighted by Crippen LogP contribution is -2.03. The Morgan fingerprint density at radius 2 is 1.15 bits per heavy atom. The molecule has 0 radical (unpaired) electrons. The summed E-state index contributed by atoms with van der Waals surface area (Å²) in [5.41, 5.74) is 1.16. The molecule has 196 valence electrons. The molecule has 12 nitrogen and oxygen atoms in total. The second kappa shape index (κ2) is 14.4. The average molecular weight is 530 g/mol. The summed E-state index contributed by atoms with van der Waals surface area (Å²) >= 11 is 0. The third-order valence-electron chi connectivity index (χ3n) is 4.78. The van der Waals surface area contributed by atoms with Gasteiger partial charge in [0.25, 0.3) is 0 Å². The Morgan fingerprint density at radius 1 is 0.641 bits per heavy atom. The number of nitriles is 2. The smallest absolute Gasteiger partial charge is 0.337 e. The fourth-order valence-corrected chi connectivity index (χ4v) is 2.84. The van der Waals surface area contributed by atoms with E-state index in [1.54, 1.807) is 13.0 Å². The number of hydrogen-bond acceptors (Lipinski definition) is 8. The van der Waals surface area contributed by atoms with Crippen molar-refractivity contribution in [3.8, 4) is 12.1 Å². The van der Waals surface area contributed by atoms with Gasteiger partial charge in [0.2, 0.25) is 0 Å². The van der Waals surface area contributed by atoms with E-state index in [4.69, 9.17) is 30.9 Å². The number of aromatic carboxylic acids is 4. The van der Waals surface area contributed by atoms with Gasteiger partial charge < -0.3 is 20.4 Å². The van der Waals surface area contributed by atoms with Gasteiger partial charge in [-0.15, -0.1) is 0 Å². The number of carboxylic acids is 4. The minimum Gasteiger partial charge on any atom is -0.478 e. The molecule has 3 aromatic carbocycles. The molecule has 0 saturated heterocycles. The number of hydrogen-bond donors (Lipinski definition) is 4. The van der Waals surface area contributed by atoms with E-state index in [1.165, 1.54) is 36.4 Å². The largest absolute Gasteiger partial charge is 0.478 e. The molecule has 0 amide bonds. The van der Waals surface area contributed by atoms with Crippen molar-refractivity contribution in [2.24, 2.45) is 0 Å². The standard InChI is InChI=1S/C9H5NO4.C9H5NO2.C9H8O4/c10-4-6-3-5(8(11)12)1-2-7(6)9(13)14;10-4-9-3-7(5-11)1-2-8(9)6-12;1-5-4-6(8(10)11)2-3-7(5)9(12)13/h1-3H,(H,11,12)(H,13,14);1-3,5-6H;2-4H,1H3,(H,10,11)(H,12,13). The van der Waals surface area contributed by atoms with Gasteiger partial charge in [0.1, 0.15) is 12.4 Å². The Balaban J connectivity index is 0.000000293. The van der Waals surface area contributed by atoms with Gasteiger partial charge in [0, 0.05) is 11.1 Å². The first kappa shape index (κ1) is 30.9. The van der Waals surface area contributed by atoms with Crippen LogP contribution in [0.2, 0.25) is 0 Å². The summed E-state index contributed by atoms with van der Waals surface area (Å²) in [6, 6.07) is 15.0. The lowest BCUT2D eigenvalue weighted by Gasteiger charge is -2.01. The van der Waals surface area contributed by atoms with E-state index in [0.29, 0.717) is 29.3 Å². The van der Waals surface area contributed by atoms with E-state index in [-0.39, 0.29) is 33.4 Å². The van der Waals surface area contributed by atoms with E-state index in [1.807, 2.05) is 6.07 Å². The predicted molar refractivity (Wildman–Crippen MR) is 132 cm³/mol. The molecule has 0 fully saturated rings. The van der Waals surface area contributed by atoms with Crippen LogP contribution in [-0.4, -0.2) is 56.9 Å². The number of nitrogens with zero attached hydrogens (tertiary/aromatic N) is 2. The molecule has 0 saturated carbocycles. The van der Waals surface area contributed by atoms with Crippen molar-refractivity contribution in [3.05, 3.63) is 105 Å². The summed E-state index contributed by atoms with van der Waals surface area (Å²) < 4.78 is 0. The second-order valence-corrected chi connectivity index (χ2v) is 7.32. The number of aldehydes is 2. The fourth-order valence-electron chi connectivity index (χ4n) is 2.84. The lowest BCUT2D eigenvalue weighted by atomic mass is 10.1. The molecule has 0 aliphatic heterocycles. The van der Waals surface area contributed by atoms with Gasteiger partial charge in [-0.05, 0) is 61.0 Å². The molecule has 0 aliphatic rings. The summed E-state index contributed by atoms with van der Waals surface area (Å²) in [5.74, 6) is -4.55. The van der Waals surface area contributed by atoms with Crippen LogP contribution in [0.5, 0.6) is 0 Å². The zero-order valence-electron chi connectivity index (χ0n) is 20.0. The van der Waals surface area contributed by atoms with Gasteiger partial charge >= 0.3 is 23.9 Å².